The molecule has 1 N–H and O–H groups in total. The number of aliphatic imine (C=N–C) groups is 1. The molecule has 6 nitrogen and oxygen atoms in total. The second kappa shape index (κ2) is 12.7. The Hall–Kier alpha value is -0.980. The second-order valence-corrected chi connectivity index (χ2v) is 4.77. The highest BCUT2D eigenvalue weighted by molar-refractivity contribution is 5.78. The molecule has 2 heterocycles. The van der Waals surface area contributed by atoms with Crippen molar-refractivity contribution in [2.45, 2.75) is 40.2 Å². The Morgan fingerprint density at radius 2 is 2.00 bits per heavy atom. The van der Waals surface area contributed by atoms with Gasteiger partial charge in [0.15, 0.2) is 0 Å². The first kappa shape index (κ1) is 20.0. The minimum atomic E-state index is -0.456. The molecular formula is C15H31N3O3. The molecule has 0 bridgehead atoms. The quantitative estimate of drug-likeness (QED) is 0.790. The SMILES string of the molecule is C.C1COCCN1.CC=NC(=O)OC1CCN(CC)CC1. The first-order valence-corrected chi connectivity index (χ1v) is 7.46. The molecule has 21 heavy (non-hydrogen) atoms. The summed E-state index contributed by atoms with van der Waals surface area (Å²) in [5, 5.41) is 3.16. The smallest absolute Gasteiger partial charge is 0.433 e. The summed E-state index contributed by atoms with van der Waals surface area (Å²) in [4.78, 5) is 16.9. The number of ether oxygens (including phenoxy) is 2. The fourth-order valence-corrected chi connectivity index (χ4v) is 2.14. The van der Waals surface area contributed by atoms with Gasteiger partial charge in [0, 0.05) is 32.4 Å². The summed E-state index contributed by atoms with van der Waals surface area (Å²) >= 11 is 0. The van der Waals surface area contributed by atoms with E-state index in [9.17, 15) is 4.79 Å². The Bertz CT molecular complexity index is 274. The first-order chi connectivity index (χ1) is 9.76. The van der Waals surface area contributed by atoms with Crippen molar-refractivity contribution in [3.63, 3.8) is 0 Å². The van der Waals surface area contributed by atoms with Crippen LogP contribution in [0.1, 0.15) is 34.1 Å². The highest BCUT2D eigenvalue weighted by atomic mass is 16.6. The number of amides is 1. The number of likely N-dealkylation sites (tertiary alicyclic amines) is 1. The van der Waals surface area contributed by atoms with Gasteiger partial charge in [0.05, 0.1) is 13.2 Å². The van der Waals surface area contributed by atoms with E-state index in [1.54, 1.807) is 6.92 Å². The highest BCUT2D eigenvalue weighted by Crippen LogP contribution is 2.13. The third-order valence-corrected chi connectivity index (χ3v) is 3.33. The molecule has 124 valence electrons. The highest BCUT2D eigenvalue weighted by Gasteiger charge is 2.20. The van der Waals surface area contributed by atoms with Gasteiger partial charge in [-0.25, -0.2) is 4.79 Å². The van der Waals surface area contributed by atoms with Crippen molar-refractivity contribution < 1.29 is 14.3 Å². The van der Waals surface area contributed by atoms with Gasteiger partial charge in [-0.2, -0.15) is 4.99 Å². The number of rotatable bonds is 2. The van der Waals surface area contributed by atoms with E-state index in [0.717, 1.165) is 58.8 Å². The molecule has 6 heteroatoms. The van der Waals surface area contributed by atoms with Gasteiger partial charge in [-0.15, -0.1) is 0 Å². The van der Waals surface area contributed by atoms with Crippen molar-refractivity contribution in [3.8, 4) is 0 Å². The molecule has 0 radical (unpaired) electrons. The Kier molecular flexibility index (Phi) is 12.1. The average Bonchev–Trinajstić information content (AvgIpc) is 2.51. The molecule has 0 aromatic rings. The van der Waals surface area contributed by atoms with Crippen LogP contribution < -0.4 is 5.32 Å². The van der Waals surface area contributed by atoms with E-state index in [2.05, 4.69) is 22.1 Å². The second-order valence-electron chi connectivity index (χ2n) is 4.77. The molecular weight excluding hydrogens is 270 g/mol. The predicted octanol–water partition coefficient (Wildman–Crippen LogP) is 1.94. The van der Waals surface area contributed by atoms with Crippen LogP contribution in [0.25, 0.3) is 0 Å². The summed E-state index contributed by atoms with van der Waals surface area (Å²) in [5.41, 5.74) is 0. The summed E-state index contributed by atoms with van der Waals surface area (Å²) in [5.74, 6) is 0. The van der Waals surface area contributed by atoms with Crippen LogP contribution in [0.4, 0.5) is 4.79 Å². The van der Waals surface area contributed by atoms with Crippen LogP contribution in [-0.4, -0.2) is 69.2 Å². The van der Waals surface area contributed by atoms with Gasteiger partial charge in [-0.3, -0.25) is 0 Å². The molecule has 1 amide bonds. The monoisotopic (exact) mass is 301 g/mol. The zero-order chi connectivity index (χ0) is 14.6. The topological polar surface area (TPSA) is 63.2 Å². The molecule has 0 saturated carbocycles. The lowest BCUT2D eigenvalue weighted by Crippen LogP contribution is -2.37. The number of piperidine rings is 1. The van der Waals surface area contributed by atoms with Crippen LogP contribution in [0.2, 0.25) is 0 Å². The average molecular weight is 301 g/mol. The lowest BCUT2D eigenvalue weighted by atomic mass is 10.1. The molecule has 2 fully saturated rings. The van der Waals surface area contributed by atoms with E-state index in [1.807, 2.05) is 0 Å². The Morgan fingerprint density at radius 1 is 1.38 bits per heavy atom. The number of carbonyl (C=O) groups is 1. The molecule has 0 spiro atoms. The van der Waals surface area contributed by atoms with Crippen LogP contribution in [0.5, 0.6) is 0 Å². The summed E-state index contributed by atoms with van der Waals surface area (Å²) in [6, 6.07) is 0. The number of nitrogens with zero attached hydrogens (tertiary/aromatic N) is 2. The van der Waals surface area contributed by atoms with Crippen LogP contribution in [0.15, 0.2) is 4.99 Å². The van der Waals surface area contributed by atoms with E-state index >= 15 is 0 Å². The van der Waals surface area contributed by atoms with Crippen LogP contribution >= 0.6 is 0 Å². The van der Waals surface area contributed by atoms with Crippen molar-refractivity contribution in [3.05, 3.63) is 0 Å². The molecule has 2 saturated heterocycles. The minimum absolute atomic E-state index is 0. The molecule has 2 aliphatic heterocycles. The summed E-state index contributed by atoms with van der Waals surface area (Å²) in [6.07, 6.45) is 2.93. The van der Waals surface area contributed by atoms with E-state index in [0.29, 0.717) is 0 Å². The fraction of sp³-hybridized carbons (Fsp3) is 0.867. The summed E-state index contributed by atoms with van der Waals surface area (Å²) in [7, 11) is 0. The third kappa shape index (κ3) is 9.55. The lowest BCUT2D eigenvalue weighted by molar-refractivity contribution is 0.0583. The van der Waals surface area contributed by atoms with Gasteiger partial charge < -0.3 is 19.7 Å². The normalized spacial score (nSPS) is 20.3. The van der Waals surface area contributed by atoms with E-state index < -0.39 is 6.09 Å². The fourth-order valence-electron chi connectivity index (χ4n) is 2.14. The van der Waals surface area contributed by atoms with E-state index in [-0.39, 0.29) is 13.5 Å². The molecule has 0 aromatic carbocycles. The largest absolute Gasteiger partial charge is 0.445 e. The van der Waals surface area contributed by atoms with Crippen LogP contribution in [0.3, 0.4) is 0 Å². The number of hydrogen-bond acceptors (Lipinski definition) is 5. The third-order valence-electron chi connectivity index (χ3n) is 3.33. The predicted molar refractivity (Wildman–Crippen MR) is 86.2 cm³/mol. The van der Waals surface area contributed by atoms with Crippen molar-refractivity contribution in [1.82, 2.24) is 10.2 Å². The first-order valence-electron chi connectivity index (χ1n) is 7.46. The van der Waals surface area contributed by atoms with Crippen molar-refractivity contribution >= 4 is 12.3 Å². The summed E-state index contributed by atoms with van der Waals surface area (Å²) < 4.78 is 10.2. The van der Waals surface area contributed by atoms with Gasteiger partial charge >= 0.3 is 6.09 Å². The number of nitrogens with one attached hydrogen (secondary N) is 1. The molecule has 0 aromatic heterocycles. The van der Waals surface area contributed by atoms with E-state index in [1.165, 1.54) is 6.21 Å². The van der Waals surface area contributed by atoms with Crippen molar-refractivity contribution in [2.75, 3.05) is 45.9 Å². The Morgan fingerprint density at radius 3 is 2.38 bits per heavy atom. The van der Waals surface area contributed by atoms with Crippen molar-refractivity contribution in [1.29, 1.82) is 0 Å². The van der Waals surface area contributed by atoms with Gasteiger partial charge in [-0.05, 0) is 26.3 Å². The standard InChI is InChI=1S/C10H18N2O2.C4H9NO.CH4/c1-3-11-10(13)14-9-5-7-12(4-2)8-6-9;1-3-6-4-2-5-1;/h3,9H,4-8H2,1-2H3;5H,1-4H2;1H4. The van der Waals surface area contributed by atoms with Crippen LogP contribution in [-0.2, 0) is 9.47 Å². The molecule has 2 aliphatic rings. The number of hydrogen-bond donors (Lipinski definition) is 1. The maximum atomic E-state index is 11.0. The molecule has 0 aliphatic carbocycles. The molecule has 0 atom stereocenters. The maximum absolute atomic E-state index is 11.0. The zero-order valence-corrected chi connectivity index (χ0v) is 12.6. The van der Waals surface area contributed by atoms with Gasteiger partial charge in [0.25, 0.3) is 0 Å². The van der Waals surface area contributed by atoms with Crippen molar-refractivity contribution in [2.24, 2.45) is 4.99 Å². The molecule has 0 unspecified atom stereocenters. The lowest BCUT2D eigenvalue weighted by Gasteiger charge is -2.30. The van der Waals surface area contributed by atoms with Gasteiger partial charge in [0.2, 0.25) is 0 Å². The minimum Gasteiger partial charge on any atom is -0.445 e. The Labute approximate surface area is 128 Å². The molecule has 2 rings (SSSR count). The Balaban J connectivity index is 0.000000480. The van der Waals surface area contributed by atoms with Gasteiger partial charge in [-0.1, -0.05) is 14.4 Å². The summed E-state index contributed by atoms with van der Waals surface area (Å²) in [6.45, 7) is 10.8. The number of carbonyl (C=O) groups excluding carboxylic acids is 1. The van der Waals surface area contributed by atoms with Crippen LogP contribution in [0, 0.1) is 0 Å². The van der Waals surface area contributed by atoms with Gasteiger partial charge in [0.1, 0.15) is 6.10 Å². The van der Waals surface area contributed by atoms with E-state index in [4.69, 9.17) is 9.47 Å². The zero-order valence-electron chi connectivity index (χ0n) is 12.6. The number of morpholine rings is 1. The maximum Gasteiger partial charge on any atom is 0.433 e.